The van der Waals surface area contributed by atoms with E-state index in [1.54, 1.807) is 17.7 Å². The molecule has 2 aliphatic carbocycles. The van der Waals surface area contributed by atoms with Gasteiger partial charge in [-0.3, -0.25) is 19.1 Å². The average molecular weight is 661 g/mol. The van der Waals surface area contributed by atoms with Crippen LogP contribution in [0.4, 0.5) is 4.79 Å². The van der Waals surface area contributed by atoms with E-state index in [1.165, 1.54) is 20.5 Å². The van der Waals surface area contributed by atoms with Crippen LogP contribution in [0.2, 0.25) is 0 Å². The first-order valence-electron chi connectivity index (χ1n) is 16.5. The Bertz CT molecular complexity index is 1730. The van der Waals surface area contributed by atoms with Gasteiger partial charge >= 0.3 is 18.0 Å². The van der Waals surface area contributed by atoms with Gasteiger partial charge in [0.25, 0.3) is 11.8 Å². The monoisotopic (exact) mass is 660 g/mol. The van der Waals surface area contributed by atoms with Gasteiger partial charge in [-0.2, -0.15) is 0 Å². The number of amides is 3. The lowest BCUT2D eigenvalue weighted by Crippen LogP contribution is -2.48. The van der Waals surface area contributed by atoms with Gasteiger partial charge in [-0.25, -0.2) is 14.4 Å². The van der Waals surface area contributed by atoms with Gasteiger partial charge in [0.05, 0.1) is 56.6 Å². The molecule has 1 aromatic heterocycles. The fraction of sp³-hybridized carbons (Fsp3) is 0.514. The van der Waals surface area contributed by atoms with E-state index in [9.17, 15) is 24.0 Å². The zero-order valence-corrected chi connectivity index (χ0v) is 27.5. The van der Waals surface area contributed by atoms with Crippen LogP contribution in [-0.4, -0.2) is 85.3 Å². The van der Waals surface area contributed by atoms with E-state index in [1.807, 2.05) is 24.3 Å². The number of ether oxygens (including phenoxy) is 3. The van der Waals surface area contributed by atoms with Crippen LogP contribution in [0.5, 0.6) is 5.75 Å². The number of allylic oxidation sites excluding steroid dienone is 2. The molecule has 5 aliphatic rings. The molecule has 2 bridgehead atoms. The second-order valence-corrected chi connectivity index (χ2v) is 13.2. The average Bonchev–Trinajstić information content (AvgIpc) is 3.87. The van der Waals surface area contributed by atoms with Gasteiger partial charge in [0.2, 0.25) is 0 Å². The minimum Gasteiger partial charge on any atom is -0.504 e. The number of piperidine rings is 1. The molecule has 7 atom stereocenters. The summed E-state index contributed by atoms with van der Waals surface area (Å²) in [5, 5.41) is 4.07. The molecule has 4 heterocycles. The lowest BCUT2D eigenvalue weighted by molar-refractivity contribution is -0.198. The van der Waals surface area contributed by atoms with Crippen LogP contribution in [0, 0.1) is 35.5 Å². The Morgan fingerprint density at radius 2 is 1.75 bits per heavy atom. The molecule has 13 nitrogen and oxygen atoms in total. The van der Waals surface area contributed by atoms with Gasteiger partial charge in [-0.1, -0.05) is 31.6 Å². The lowest BCUT2D eigenvalue weighted by Gasteiger charge is -2.46. The van der Waals surface area contributed by atoms with Crippen LogP contribution in [0.15, 0.2) is 42.2 Å². The molecular weight excluding hydrogens is 620 g/mol. The first-order chi connectivity index (χ1) is 23.2. The van der Waals surface area contributed by atoms with Gasteiger partial charge in [0.1, 0.15) is 12.3 Å². The number of nitrogens with zero attached hydrogens (tertiary/aromatic N) is 3. The quantitative estimate of drug-likeness (QED) is 0.147. The summed E-state index contributed by atoms with van der Waals surface area (Å²) in [6, 6.07) is 4.68. The Labute approximate surface area is 277 Å². The molecule has 3 aliphatic heterocycles. The first kappa shape index (κ1) is 31.9. The number of nitrogens with one attached hydrogen (secondary N) is 1. The number of hydrogen-bond donors (Lipinski definition) is 1. The van der Waals surface area contributed by atoms with E-state index in [0.717, 1.165) is 36.0 Å². The number of aromatic nitrogens is 1. The third-order valence-corrected chi connectivity index (χ3v) is 11.0. The Kier molecular flexibility index (Phi) is 8.26. The summed E-state index contributed by atoms with van der Waals surface area (Å²) in [5.41, 5.74) is 2.79. The topological polar surface area (TPSA) is 146 Å². The zero-order chi connectivity index (χ0) is 33.9. The van der Waals surface area contributed by atoms with Crippen molar-refractivity contribution >= 4 is 40.7 Å². The number of rotatable bonds is 8. The maximum atomic E-state index is 14.1. The minimum atomic E-state index is -0.925. The van der Waals surface area contributed by atoms with Crippen LogP contribution in [-0.2, 0) is 39.9 Å². The molecule has 2 aromatic rings. The Hall–Kier alpha value is -4.65. The van der Waals surface area contributed by atoms with Crippen LogP contribution >= 0.6 is 0 Å². The predicted molar refractivity (Wildman–Crippen MR) is 170 cm³/mol. The molecule has 1 N–H and O–H groups in total. The van der Waals surface area contributed by atoms with Crippen molar-refractivity contribution in [3.8, 4) is 5.75 Å². The normalized spacial score (nSPS) is 29.0. The zero-order valence-electron chi connectivity index (χ0n) is 27.5. The lowest BCUT2D eigenvalue weighted by atomic mass is 9.74. The third kappa shape index (κ3) is 4.89. The van der Waals surface area contributed by atoms with Crippen molar-refractivity contribution in [1.29, 1.82) is 0 Å². The summed E-state index contributed by atoms with van der Waals surface area (Å²) in [5.74, 6) is -2.87. The van der Waals surface area contributed by atoms with Crippen LogP contribution in [0.25, 0.3) is 10.9 Å². The smallest absolute Gasteiger partial charge is 0.352 e. The Morgan fingerprint density at radius 3 is 2.40 bits per heavy atom. The molecule has 254 valence electrons. The van der Waals surface area contributed by atoms with E-state index in [4.69, 9.17) is 19.0 Å². The van der Waals surface area contributed by atoms with E-state index >= 15 is 0 Å². The second kappa shape index (κ2) is 12.4. The van der Waals surface area contributed by atoms with E-state index in [-0.39, 0.29) is 29.7 Å². The fourth-order valence-corrected chi connectivity index (χ4v) is 8.97. The van der Waals surface area contributed by atoms with Crippen molar-refractivity contribution in [2.24, 2.45) is 35.5 Å². The molecule has 3 fully saturated rings. The van der Waals surface area contributed by atoms with Gasteiger partial charge in [0.15, 0.2) is 0 Å². The van der Waals surface area contributed by atoms with Crippen molar-refractivity contribution < 1.29 is 43.0 Å². The molecule has 3 amide bonds. The molecular formula is C35H40N4O9. The van der Waals surface area contributed by atoms with Gasteiger partial charge in [-0.15, -0.1) is 5.06 Å². The van der Waals surface area contributed by atoms with Crippen molar-refractivity contribution in [3.63, 3.8) is 0 Å². The number of carbonyl (C=O) groups excluding carboxylic acids is 5. The molecule has 0 radical (unpaired) electrons. The molecule has 48 heavy (non-hydrogen) atoms. The van der Waals surface area contributed by atoms with Crippen molar-refractivity contribution in [3.05, 3.63) is 53.4 Å². The standard InChI is InChI=1S/C35H40N4O9/c1-5-18-16-37-12-11-21-30-24(7-6-8-26(30)46-3)38(31(21)25(37)14-22(18)23(17-45-2)34(43)47-4)35(44)36-15-27(40)48-39-32(41)28-19-9-10-20(13-19)29(28)33(39)42/h6-10,17-20,22,25,28-29H,5,11-16H2,1-4H3,(H,36,44)/b23-17+/t18-,19+,20?,22+,25+,28+,29-/m1/s1. The van der Waals surface area contributed by atoms with Crippen LogP contribution in [0.3, 0.4) is 0 Å². The number of hydroxylamine groups is 2. The van der Waals surface area contributed by atoms with E-state index < -0.39 is 48.2 Å². The maximum absolute atomic E-state index is 14.1. The summed E-state index contributed by atoms with van der Waals surface area (Å²) in [6.07, 6.45) is 8.17. The minimum absolute atomic E-state index is 0.0229. The van der Waals surface area contributed by atoms with Gasteiger partial charge < -0.3 is 24.4 Å². The fourth-order valence-electron chi connectivity index (χ4n) is 8.97. The van der Waals surface area contributed by atoms with Crippen LogP contribution < -0.4 is 10.1 Å². The molecule has 2 saturated heterocycles. The maximum Gasteiger partial charge on any atom is 0.352 e. The predicted octanol–water partition coefficient (Wildman–Crippen LogP) is 3.12. The molecule has 13 heteroatoms. The summed E-state index contributed by atoms with van der Waals surface area (Å²) < 4.78 is 17.8. The van der Waals surface area contributed by atoms with E-state index in [0.29, 0.717) is 41.3 Å². The van der Waals surface area contributed by atoms with Crippen LogP contribution in [0.1, 0.15) is 43.5 Å². The van der Waals surface area contributed by atoms with Crippen molar-refractivity contribution in [1.82, 2.24) is 19.8 Å². The Morgan fingerprint density at radius 1 is 1.02 bits per heavy atom. The number of benzene rings is 1. The number of hydrogen-bond acceptors (Lipinski definition) is 10. The number of carbonyl (C=O) groups is 5. The molecule has 1 saturated carbocycles. The van der Waals surface area contributed by atoms with Crippen molar-refractivity contribution in [2.45, 2.75) is 38.6 Å². The third-order valence-electron chi connectivity index (χ3n) is 11.0. The molecule has 1 aromatic carbocycles. The van der Waals surface area contributed by atoms with Gasteiger partial charge in [-0.05, 0) is 60.6 Å². The van der Waals surface area contributed by atoms with Gasteiger partial charge in [0, 0.05) is 24.2 Å². The highest BCUT2D eigenvalue weighted by atomic mass is 16.7. The number of esters is 1. The largest absolute Gasteiger partial charge is 0.504 e. The molecule has 1 unspecified atom stereocenters. The highest BCUT2D eigenvalue weighted by Crippen LogP contribution is 2.53. The highest BCUT2D eigenvalue weighted by Gasteiger charge is 2.61. The summed E-state index contributed by atoms with van der Waals surface area (Å²) >= 11 is 0. The highest BCUT2D eigenvalue weighted by molar-refractivity contribution is 6.06. The SMILES string of the molecule is CC[C@@H]1CN2CCc3c(n(C(=O)NCC(=O)ON4C(=O)[C@@H]5[C@H](C4=O)C4C=C[C@H]5C4)c4cccc(OC)c34)[C@@H]2C[C@@H]1/C(=C\OC)C(=O)OC. The van der Waals surface area contributed by atoms with E-state index in [2.05, 4.69) is 17.1 Å². The summed E-state index contributed by atoms with van der Waals surface area (Å²) in [7, 11) is 4.43. The number of methoxy groups -OCH3 is 3. The second-order valence-electron chi connectivity index (χ2n) is 13.2. The number of fused-ring (bicyclic) bond motifs is 10. The summed E-state index contributed by atoms with van der Waals surface area (Å²) in [4.78, 5) is 73.6. The Balaban J connectivity index is 1.17. The van der Waals surface area contributed by atoms with Crippen molar-refractivity contribution in [2.75, 3.05) is 41.0 Å². The number of imide groups is 1. The summed E-state index contributed by atoms with van der Waals surface area (Å²) in [6.45, 7) is 2.99. The first-order valence-corrected chi connectivity index (χ1v) is 16.5. The molecule has 7 rings (SSSR count). The molecule has 0 spiro atoms.